The second-order valence-corrected chi connectivity index (χ2v) is 12.3. The normalized spacial score (nSPS) is 30.0. The first-order chi connectivity index (χ1) is 14.3. The van der Waals surface area contributed by atoms with E-state index < -0.39 is 0 Å². The molecule has 1 aromatic rings. The van der Waals surface area contributed by atoms with Gasteiger partial charge in [-0.15, -0.1) is 0 Å². The molecule has 0 spiro atoms. The molecule has 1 aromatic carbocycles. The SMILES string of the molecule is COC1CCC[C@H](OC)C1c1ccccc1P(C1CCCCC1)C1CCCCC1. The molecule has 0 aliphatic heterocycles. The smallest absolute Gasteiger partial charge is 0.0665 e. The average molecular weight is 417 g/mol. The summed E-state index contributed by atoms with van der Waals surface area (Å²) in [5, 5.41) is 1.72. The third kappa shape index (κ3) is 4.91. The van der Waals surface area contributed by atoms with Crippen molar-refractivity contribution in [2.24, 2.45) is 0 Å². The lowest BCUT2D eigenvalue weighted by atomic mass is 9.79. The fraction of sp³-hybridized carbons (Fsp3) is 0.769. The molecule has 0 bridgehead atoms. The quantitative estimate of drug-likeness (QED) is 0.477. The van der Waals surface area contributed by atoms with Gasteiger partial charge in [0.15, 0.2) is 0 Å². The summed E-state index contributed by atoms with van der Waals surface area (Å²) < 4.78 is 12.1. The number of methoxy groups -OCH3 is 2. The van der Waals surface area contributed by atoms with Gasteiger partial charge in [-0.3, -0.25) is 0 Å². The molecule has 3 aliphatic rings. The molecule has 0 heterocycles. The van der Waals surface area contributed by atoms with E-state index in [-0.39, 0.29) is 7.92 Å². The summed E-state index contributed by atoms with van der Waals surface area (Å²) >= 11 is 0. The Kier molecular flexibility index (Phi) is 8.07. The van der Waals surface area contributed by atoms with Crippen LogP contribution in [0.3, 0.4) is 0 Å². The van der Waals surface area contributed by atoms with Crippen molar-refractivity contribution in [3.05, 3.63) is 29.8 Å². The fourth-order valence-corrected chi connectivity index (χ4v) is 10.5. The Labute approximate surface area is 179 Å². The third-order valence-electron chi connectivity index (χ3n) is 7.89. The van der Waals surface area contributed by atoms with Crippen LogP contribution in [0, 0.1) is 0 Å². The standard InChI is InChI=1S/C26H41O2P/c1-27-23-17-11-18-24(28-2)26(23)22-16-9-10-19-25(22)29(20-12-5-3-6-13-20)21-14-7-4-8-15-21/h9-10,16,19-21,23-24,26H,3-8,11-15,17-18H2,1-2H3/t23-,24?,26?/m0/s1. The Morgan fingerprint density at radius 2 is 1.17 bits per heavy atom. The highest BCUT2D eigenvalue weighted by atomic mass is 31.1. The van der Waals surface area contributed by atoms with E-state index in [1.54, 1.807) is 10.9 Å². The lowest BCUT2D eigenvalue weighted by Crippen LogP contribution is -2.39. The summed E-state index contributed by atoms with van der Waals surface area (Å²) in [6.07, 6.45) is 18.7. The van der Waals surface area contributed by atoms with Crippen LogP contribution in [0.5, 0.6) is 0 Å². The van der Waals surface area contributed by atoms with Crippen LogP contribution in [0.4, 0.5) is 0 Å². The van der Waals surface area contributed by atoms with E-state index in [0.717, 1.165) is 11.3 Å². The molecule has 0 aromatic heterocycles. The minimum absolute atomic E-state index is 0.0969. The molecule has 3 heteroatoms. The van der Waals surface area contributed by atoms with Crippen molar-refractivity contribution in [3.8, 4) is 0 Å². The molecule has 3 atom stereocenters. The molecule has 2 nitrogen and oxygen atoms in total. The lowest BCUT2D eigenvalue weighted by Gasteiger charge is -2.43. The molecule has 0 radical (unpaired) electrons. The summed E-state index contributed by atoms with van der Waals surface area (Å²) in [5.41, 5.74) is 3.45. The maximum Gasteiger partial charge on any atom is 0.0665 e. The maximum atomic E-state index is 6.04. The fourth-order valence-electron chi connectivity index (χ4n) is 6.46. The molecule has 0 N–H and O–H groups in total. The zero-order valence-electron chi connectivity index (χ0n) is 18.7. The summed E-state index contributed by atoms with van der Waals surface area (Å²) in [5.74, 6) is 0.395. The van der Waals surface area contributed by atoms with Gasteiger partial charge in [0.2, 0.25) is 0 Å². The molecule has 29 heavy (non-hydrogen) atoms. The maximum absolute atomic E-state index is 6.04. The first kappa shape index (κ1) is 21.8. The minimum atomic E-state index is -0.0969. The highest BCUT2D eigenvalue weighted by Gasteiger charge is 2.39. The molecule has 3 fully saturated rings. The highest BCUT2D eigenvalue weighted by Crippen LogP contribution is 2.56. The van der Waals surface area contributed by atoms with Gasteiger partial charge >= 0.3 is 0 Å². The monoisotopic (exact) mass is 416 g/mol. The van der Waals surface area contributed by atoms with Gasteiger partial charge in [-0.2, -0.15) is 0 Å². The van der Waals surface area contributed by atoms with Crippen LogP contribution in [0.15, 0.2) is 24.3 Å². The van der Waals surface area contributed by atoms with E-state index in [2.05, 4.69) is 24.3 Å². The van der Waals surface area contributed by atoms with Crippen LogP contribution in [0.25, 0.3) is 0 Å². The van der Waals surface area contributed by atoms with E-state index >= 15 is 0 Å². The van der Waals surface area contributed by atoms with Gasteiger partial charge < -0.3 is 9.47 Å². The van der Waals surface area contributed by atoms with Crippen molar-refractivity contribution in [3.63, 3.8) is 0 Å². The first-order valence-corrected chi connectivity index (χ1v) is 13.7. The third-order valence-corrected chi connectivity index (χ3v) is 11.5. The predicted molar refractivity (Wildman–Crippen MR) is 125 cm³/mol. The number of hydrogen-bond donors (Lipinski definition) is 0. The Bertz CT molecular complexity index is 591. The number of ether oxygens (including phenoxy) is 2. The Morgan fingerprint density at radius 1 is 0.655 bits per heavy atom. The van der Waals surface area contributed by atoms with Crippen molar-refractivity contribution in [1.82, 2.24) is 0 Å². The zero-order valence-corrected chi connectivity index (χ0v) is 19.5. The van der Waals surface area contributed by atoms with Crippen LogP contribution < -0.4 is 5.30 Å². The van der Waals surface area contributed by atoms with E-state index in [0.29, 0.717) is 18.1 Å². The Balaban J connectivity index is 1.72. The molecule has 2 unspecified atom stereocenters. The number of rotatable bonds is 6. The summed E-state index contributed by atoms with van der Waals surface area (Å²) in [6, 6.07) is 9.52. The Hall–Kier alpha value is -0.430. The van der Waals surface area contributed by atoms with Gasteiger partial charge in [0.1, 0.15) is 0 Å². The van der Waals surface area contributed by atoms with E-state index in [9.17, 15) is 0 Å². The second kappa shape index (κ2) is 10.7. The van der Waals surface area contributed by atoms with Crippen LogP contribution in [0.1, 0.15) is 95.0 Å². The topological polar surface area (TPSA) is 18.5 Å². The largest absolute Gasteiger partial charge is 0.381 e. The highest BCUT2D eigenvalue weighted by molar-refractivity contribution is 7.67. The van der Waals surface area contributed by atoms with Crippen LogP contribution in [-0.2, 0) is 9.47 Å². The Morgan fingerprint density at radius 3 is 1.69 bits per heavy atom. The van der Waals surface area contributed by atoms with E-state index in [4.69, 9.17) is 9.47 Å². The van der Waals surface area contributed by atoms with Gasteiger partial charge in [0.05, 0.1) is 12.2 Å². The average Bonchev–Trinajstić information content (AvgIpc) is 2.80. The van der Waals surface area contributed by atoms with Crippen LogP contribution in [-0.4, -0.2) is 37.7 Å². The molecule has 4 rings (SSSR count). The van der Waals surface area contributed by atoms with Gasteiger partial charge in [0, 0.05) is 20.1 Å². The molecule has 3 aliphatic carbocycles. The van der Waals surface area contributed by atoms with E-state index in [1.165, 1.54) is 83.5 Å². The second-order valence-electron chi connectivity index (χ2n) is 9.55. The molecule has 0 saturated heterocycles. The zero-order chi connectivity index (χ0) is 20.1. The van der Waals surface area contributed by atoms with Gasteiger partial charge in [-0.25, -0.2) is 0 Å². The van der Waals surface area contributed by atoms with Gasteiger partial charge in [-0.1, -0.05) is 70.7 Å². The van der Waals surface area contributed by atoms with Crippen molar-refractivity contribution in [1.29, 1.82) is 0 Å². The van der Waals surface area contributed by atoms with Crippen LogP contribution >= 0.6 is 7.92 Å². The van der Waals surface area contributed by atoms with Gasteiger partial charge in [0.25, 0.3) is 0 Å². The van der Waals surface area contributed by atoms with Crippen molar-refractivity contribution < 1.29 is 9.47 Å². The molecular weight excluding hydrogens is 375 g/mol. The summed E-state index contributed by atoms with van der Waals surface area (Å²) in [4.78, 5) is 0. The molecule has 3 saturated carbocycles. The summed E-state index contributed by atoms with van der Waals surface area (Å²) in [6.45, 7) is 0. The lowest BCUT2D eigenvalue weighted by molar-refractivity contribution is -0.0309. The van der Waals surface area contributed by atoms with Crippen LogP contribution in [0.2, 0.25) is 0 Å². The first-order valence-electron chi connectivity index (χ1n) is 12.3. The van der Waals surface area contributed by atoms with Crippen molar-refractivity contribution in [2.45, 2.75) is 113 Å². The van der Waals surface area contributed by atoms with E-state index in [1.807, 2.05) is 14.2 Å². The van der Waals surface area contributed by atoms with Crippen molar-refractivity contribution >= 4 is 13.2 Å². The minimum Gasteiger partial charge on any atom is -0.381 e. The molecule has 162 valence electrons. The molecule has 0 amide bonds. The number of hydrogen-bond acceptors (Lipinski definition) is 2. The number of benzene rings is 1. The molecular formula is C26H41O2P. The summed E-state index contributed by atoms with van der Waals surface area (Å²) in [7, 11) is 3.72. The van der Waals surface area contributed by atoms with Crippen molar-refractivity contribution in [2.75, 3.05) is 14.2 Å². The predicted octanol–water partition coefficient (Wildman–Crippen LogP) is 6.76. The van der Waals surface area contributed by atoms with Gasteiger partial charge in [-0.05, 0) is 67.1 Å².